The van der Waals surface area contributed by atoms with Crippen molar-refractivity contribution in [2.24, 2.45) is 0 Å². The Labute approximate surface area is 171 Å². The smallest absolute Gasteiger partial charge is 0.244 e. The van der Waals surface area contributed by atoms with Crippen molar-refractivity contribution >= 4 is 5.91 Å². The molecular weight excluding hydrogens is 362 g/mol. The zero-order chi connectivity index (χ0) is 20.2. The number of aryl methyl sites for hydroxylation is 1. The molecule has 1 aliphatic rings. The monoisotopic (exact) mass is 389 g/mol. The van der Waals surface area contributed by atoms with Crippen LogP contribution >= 0.6 is 0 Å². The molecule has 0 bridgehead atoms. The number of aromatic nitrogens is 3. The van der Waals surface area contributed by atoms with E-state index in [1.807, 2.05) is 48.5 Å². The maximum atomic E-state index is 12.8. The highest BCUT2D eigenvalue weighted by Crippen LogP contribution is 2.23. The summed E-state index contributed by atoms with van der Waals surface area (Å²) in [6.07, 6.45) is 5.70. The SMILES string of the molecule is Cc1nn(CC(=O)N2CCN([C@H](C)c3cccnc3)CC2)cc1-c1ccccc1. The summed E-state index contributed by atoms with van der Waals surface area (Å²) in [5.74, 6) is 0.126. The van der Waals surface area contributed by atoms with Gasteiger partial charge in [-0.1, -0.05) is 36.4 Å². The molecule has 0 N–H and O–H groups in total. The summed E-state index contributed by atoms with van der Waals surface area (Å²) in [6, 6.07) is 14.6. The Bertz CT molecular complexity index is 946. The molecule has 6 nitrogen and oxygen atoms in total. The molecule has 0 aliphatic carbocycles. The third-order valence-electron chi connectivity index (χ3n) is 5.71. The second-order valence-corrected chi connectivity index (χ2v) is 7.57. The average Bonchev–Trinajstić information content (AvgIpc) is 3.14. The number of rotatable bonds is 5. The predicted octanol–water partition coefficient (Wildman–Crippen LogP) is 3.16. The van der Waals surface area contributed by atoms with Gasteiger partial charge >= 0.3 is 0 Å². The van der Waals surface area contributed by atoms with Gasteiger partial charge < -0.3 is 4.90 Å². The summed E-state index contributed by atoms with van der Waals surface area (Å²) in [6.45, 7) is 7.70. The zero-order valence-electron chi connectivity index (χ0n) is 17.0. The molecule has 1 saturated heterocycles. The van der Waals surface area contributed by atoms with Crippen LogP contribution in [0.1, 0.15) is 24.2 Å². The summed E-state index contributed by atoms with van der Waals surface area (Å²) in [5, 5.41) is 4.56. The maximum absolute atomic E-state index is 12.8. The van der Waals surface area contributed by atoms with Gasteiger partial charge in [0.05, 0.1) is 5.69 Å². The van der Waals surface area contributed by atoms with Gasteiger partial charge in [-0.3, -0.25) is 19.4 Å². The first kappa shape index (κ1) is 19.3. The first-order chi connectivity index (χ1) is 14.1. The Hall–Kier alpha value is -2.99. The van der Waals surface area contributed by atoms with Gasteiger partial charge in [0.25, 0.3) is 0 Å². The highest BCUT2D eigenvalue weighted by atomic mass is 16.2. The lowest BCUT2D eigenvalue weighted by atomic mass is 10.1. The molecule has 1 aromatic carbocycles. The highest BCUT2D eigenvalue weighted by Gasteiger charge is 2.25. The second kappa shape index (κ2) is 8.57. The van der Waals surface area contributed by atoms with Crippen molar-refractivity contribution in [2.45, 2.75) is 26.4 Å². The van der Waals surface area contributed by atoms with Gasteiger partial charge in [-0.2, -0.15) is 5.10 Å². The van der Waals surface area contributed by atoms with E-state index >= 15 is 0 Å². The minimum Gasteiger partial charge on any atom is -0.339 e. The number of piperazine rings is 1. The third-order valence-corrected chi connectivity index (χ3v) is 5.71. The maximum Gasteiger partial charge on any atom is 0.244 e. The van der Waals surface area contributed by atoms with Crippen molar-refractivity contribution in [3.05, 3.63) is 72.3 Å². The molecule has 3 heterocycles. The molecule has 0 radical (unpaired) electrons. The molecule has 1 atom stereocenters. The fourth-order valence-corrected chi connectivity index (χ4v) is 3.93. The minimum atomic E-state index is 0.126. The molecule has 0 unspecified atom stereocenters. The molecule has 1 amide bonds. The van der Waals surface area contributed by atoms with Gasteiger partial charge in [0.1, 0.15) is 6.54 Å². The number of amides is 1. The van der Waals surface area contributed by atoms with Crippen LogP contribution in [0.4, 0.5) is 0 Å². The number of benzene rings is 1. The van der Waals surface area contributed by atoms with Crippen LogP contribution < -0.4 is 0 Å². The first-order valence-electron chi connectivity index (χ1n) is 10.1. The lowest BCUT2D eigenvalue weighted by Gasteiger charge is -2.38. The first-order valence-corrected chi connectivity index (χ1v) is 10.1. The van der Waals surface area contributed by atoms with E-state index in [9.17, 15) is 4.79 Å². The van der Waals surface area contributed by atoms with Crippen molar-refractivity contribution in [3.8, 4) is 11.1 Å². The van der Waals surface area contributed by atoms with Crippen molar-refractivity contribution in [1.82, 2.24) is 24.6 Å². The van der Waals surface area contributed by atoms with Crippen LogP contribution in [0, 0.1) is 6.92 Å². The van der Waals surface area contributed by atoms with Crippen LogP contribution in [0.25, 0.3) is 11.1 Å². The lowest BCUT2D eigenvalue weighted by molar-refractivity contribution is -0.134. The van der Waals surface area contributed by atoms with E-state index in [0.29, 0.717) is 6.04 Å². The van der Waals surface area contributed by atoms with Crippen LogP contribution in [0.3, 0.4) is 0 Å². The minimum absolute atomic E-state index is 0.126. The van der Waals surface area contributed by atoms with E-state index in [4.69, 9.17) is 0 Å². The van der Waals surface area contributed by atoms with Gasteiger partial charge in [-0.05, 0) is 31.0 Å². The molecule has 6 heteroatoms. The number of pyridine rings is 1. The molecule has 2 aromatic heterocycles. The van der Waals surface area contributed by atoms with Crippen LogP contribution in [-0.4, -0.2) is 56.7 Å². The molecular formula is C23H27N5O. The lowest BCUT2D eigenvalue weighted by Crippen LogP contribution is -2.50. The van der Waals surface area contributed by atoms with Crippen molar-refractivity contribution < 1.29 is 4.79 Å². The van der Waals surface area contributed by atoms with Crippen molar-refractivity contribution in [2.75, 3.05) is 26.2 Å². The number of hydrogen-bond donors (Lipinski definition) is 0. The largest absolute Gasteiger partial charge is 0.339 e. The van der Waals surface area contributed by atoms with Crippen LogP contribution in [0.15, 0.2) is 61.1 Å². The summed E-state index contributed by atoms with van der Waals surface area (Å²) in [4.78, 5) is 21.4. The quantitative estimate of drug-likeness (QED) is 0.673. The Morgan fingerprint density at radius 3 is 2.52 bits per heavy atom. The Balaban J connectivity index is 1.35. The van der Waals surface area contributed by atoms with Gasteiger partial charge in [-0.25, -0.2) is 0 Å². The van der Waals surface area contributed by atoms with E-state index < -0.39 is 0 Å². The number of carbonyl (C=O) groups excluding carboxylic acids is 1. The highest BCUT2D eigenvalue weighted by molar-refractivity contribution is 5.76. The Kier molecular flexibility index (Phi) is 5.71. The summed E-state index contributed by atoms with van der Waals surface area (Å²) in [5.41, 5.74) is 4.36. The molecule has 150 valence electrons. The van der Waals surface area contributed by atoms with E-state index in [2.05, 4.69) is 40.1 Å². The fourth-order valence-electron chi connectivity index (χ4n) is 3.93. The topological polar surface area (TPSA) is 54.3 Å². The zero-order valence-corrected chi connectivity index (χ0v) is 17.0. The van der Waals surface area contributed by atoms with E-state index in [1.54, 1.807) is 10.9 Å². The summed E-state index contributed by atoms with van der Waals surface area (Å²) >= 11 is 0. The standard InChI is InChI=1S/C23H27N5O/c1-18-22(20-7-4-3-5-8-20)16-28(25-18)17-23(29)27-13-11-26(12-14-27)19(2)21-9-6-10-24-15-21/h3-10,15-16,19H,11-14,17H2,1-2H3/t19-/m1/s1. The third kappa shape index (κ3) is 4.38. The Morgan fingerprint density at radius 1 is 1.07 bits per heavy atom. The second-order valence-electron chi connectivity index (χ2n) is 7.57. The molecule has 0 spiro atoms. The van der Waals surface area contributed by atoms with Crippen LogP contribution in [-0.2, 0) is 11.3 Å². The molecule has 3 aromatic rings. The van der Waals surface area contributed by atoms with Gasteiger partial charge in [0.2, 0.25) is 5.91 Å². The average molecular weight is 390 g/mol. The van der Waals surface area contributed by atoms with Crippen molar-refractivity contribution in [3.63, 3.8) is 0 Å². The van der Waals surface area contributed by atoms with Gasteiger partial charge in [-0.15, -0.1) is 0 Å². The molecule has 29 heavy (non-hydrogen) atoms. The van der Waals surface area contributed by atoms with E-state index in [0.717, 1.165) is 43.0 Å². The Morgan fingerprint density at radius 2 is 1.83 bits per heavy atom. The van der Waals surface area contributed by atoms with Crippen LogP contribution in [0.5, 0.6) is 0 Å². The summed E-state index contributed by atoms with van der Waals surface area (Å²) in [7, 11) is 0. The molecule has 1 aliphatic heterocycles. The molecule has 4 rings (SSSR count). The normalized spacial score (nSPS) is 16.0. The van der Waals surface area contributed by atoms with Crippen LogP contribution in [0.2, 0.25) is 0 Å². The van der Waals surface area contributed by atoms with Crippen molar-refractivity contribution in [1.29, 1.82) is 0 Å². The summed E-state index contributed by atoms with van der Waals surface area (Å²) < 4.78 is 1.77. The van der Waals surface area contributed by atoms with E-state index in [1.165, 1.54) is 5.56 Å². The number of nitrogens with zero attached hydrogens (tertiary/aromatic N) is 5. The molecule has 1 fully saturated rings. The fraction of sp³-hybridized carbons (Fsp3) is 0.348. The molecule has 0 saturated carbocycles. The number of hydrogen-bond acceptors (Lipinski definition) is 4. The van der Waals surface area contributed by atoms with Gasteiger partial charge in [0.15, 0.2) is 0 Å². The number of carbonyl (C=O) groups is 1. The van der Waals surface area contributed by atoms with E-state index in [-0.39, 0.29) is 12.5 Å². The predicted molar refractivity (Wildman–Crippen MR) is 113 cm³/mol. The van der Waals surface area contributed by atoms with Gasteiger partial charge in [0, 0.05) is 56.4 Å².